The van der Waals surface area contributed by atoms with Gasteiger partial charge in [-0.15, -0.1) is 0 Å². The van der Waals surface area contributed by atoms with Crippen LogP contribution >= 0.6 is 0 Å². The third-order valence-corrected chi connectivity index (χ3v) is 6.55. The first kappa shape index (κ1) is 19.0. The fraction of sp³-hybridized carbons (Fsp3) is 0.560. The van der Waals surface area contributed by atoms with E-state index in [2.05, 4.69) is 55.5 Å². The number of nitrogens with zero attached hydrogens (tertiary/aromatic N) is 1. The van der Waals surface area contributed by atoms with Crippen LogP contribution in [0.3, 0.4) is 0 Å². The fourth-order valence-corrected chi connectivity index (χ4v) is 4.69. The summed E-state index contributed by atoms with van der Waals surface area (Å²) in [5, 5.41) is 8.64. The molecule has 1 nitrogen and oxygen atoms in total. The Morgan fingerprint density at radius 3 is 1.81 bits per heavy atom. The Bertz CT molecular complexity index is 630. The van der Waals surface area contributed by atoms with Crippen LogP contribution in [0.25, 0.3) is 0 Å². The minimum absolute atomic E-state index is 0.633. The number of aryl methyl sites for hydroxylation is 1. The molecule has 0 aliphatic heterocycles. The molecule has 26 heavy (non-hydrogen) atoms. The predicted molar refractivity (Wildman–Crippen MR) is 110 cm³/mol. The minimum Gasteiger partial charge on any atom is -0.193 e. The van der Waals surface area contributed by atoms with Crippen molar-refractivity contribution in [2.75, 3.05) is 0 Å². The van der Waals surface area contributed by atoms with E-state index in [1.54, 1.807) is 11.6 Å². The van der Waals surface area contributed by atoms with Gasteiger partial charge < -0.3 is 0 Å². The van der Waals surface area contributed by atoms with Crippen molar-refractivity contribution in [1.82, 2.24) is 0 Å². The van der Waals surface area contributed by atoms with Crippen LogP contribution in [0.1, 0.15) is 75.3 Å². The van der Waals surface area contributed by atoms with Gasteiger partial charge in [0.15, 0.2) is 0 Å². The van der Waals surface area contributed by atoms with Crippen LogP contribution in [0.4, 0.5) is 0 Å². The highest BCUT2D eigenvalue weighted by Crippen LogP contribution is 2.37. The highest BCUT2D eigenvalue weighted by atomic mass is 14.3. The van der Waals surface area contributed by atoms with Gasteiger partial charge in [0.05, 0.1) is 6.07 Å². The second kappa shape index (κ2) is 9.77. The molecule has 1 aromatic rings. The fourth-order valence-electron chi connectivity index (χ4n) is 4.69. The summed E-state index contributed by atoms with van der Waals surface area (Å²) in [5.41, 5.74) is 3.00. The molecular formula is C25H33N. The molecule has 2 fully saturated rings. The van der Waals surface area contributed by atoms with Gasteiger partial charge in [-0.05, 0) is 92.6 Å². The molecule has 1 heteroatoms. The van der Waals surface area contributed by atoms with Crippen molar-refractivity contribution in [3.05, 3.63) is 59.7 Å². The normalized spacial score (nSPS) is 29.8. The molecule has 2 saturated carbocycles. The minimum atomic E-state index is 0.633. The van der Waals surface area contributed by atoms with Crippen LogP contribution < -0.4 is 0 Å². The highest BCUT2D eigenvalue weighted by Gasteiger charge is 2.22. The third kappa shape index (κ3) is 5.34. The summed E-state index contributed by atoms with van der Waals surface area (Å²) in [6, 6.07) is 11.5. The molecular weight excluding hydrogens is 314 g/mol. The molecule has 0 bridgehead atoms. The second-order valence-corrected chi connectivity index (χ2v) is 8.25. The molecule has 0 amide bonds. The zero-order chi connectivity index (χ0) is 18.2. The number of allylic oxidation sites excluding steroid dienone is 4. The van der Waals surface area contributed by atoms with Crippen molar-refractivity contribution < 1.29 is 0 Å². The van der Waals surface area contributed by atoms with Crippen molar-refractivity contribution in [3.8, 4) is 6.07 Å². The Morgan fingerprint density at radius 2 is 1.31 bits per heavy atom. The second-order valence-electron chi connectivity index (χ2n) is 8.25. The molecule has 0 N–H and O–H groups in total. The van der Waals surface area contributed by atoms with E-state index in [0.717, 1.165) is 24.2 Å². The Hall–Kier alpha value is -1.81. The zero-order valence-electron chi connectivity index (χ0n) is 16.2. The van der Waals surface area contributed by atoms with Crippen LogP contribution in [0.15, 0.2) is 48.6 Å². The van der Waals surface area contributed by atoms with Crippen molar-refractivity contribution >= 4 is 0 Å². The van der Waals surface area contributed by atoms with E-state index < -0.39 is 0 Å². The largest absolute Gasteiger partial charge is 0.193 e. The van der Waals surface area contributed by atoms with Gasteiger partial charge in [-0.25, -0.2) is 0 Å². The summed E-state index contributed by atoms with van der Waals surface area (Å²) in [6.45, 7) is 2.22. The quantitative estimate of drug-likeness (QED) is 0.417. The molecule has 0 spiro atoms. The summed E-state index contributed by atoms with van der Waals surface area (Å²) in [7, 11) is 0. The van der Waals surface area contributed by atoms with Gasteiger partial charge in [0.1, 0.15) is 0 Å². The smallest absolute Gasteiger partial charge is 0.0908 e. The average molecular weight is 348 g/mol. The van der Waals surface area contributed by atoms with Crippen molar-refractivity contribution in [3.63, 3.8) is 0 Å². The summed E-state index contributed by atoms with van der Waals surface area (Å²) in [5.74, 6) is 2.96. The van der Waals surface area contributed by atoms with Crippen molar-refractivity contribution in [2.24, 2.45) is 17.8 Å². The molecule has 0 heterocycles. The van der Waals surface area contributed by atoms with Gasteiger partial charge in [0.2, 0.25) is 0 Å². The average Bonchev–Trinajstić information content (AvgIpc) is 2.72. The van der Waals surface area contributed by atoms with Crippen LogP contribution in [0, 0.1) is 29.1 Å². The van der Waals surface area contributed by atoms with E-state index in [0.29, 0.717) is 5.92 Å². The number of benzene rings is 1. The molecule has 0 unspecified atom stereocenters. The maximum atomic E-state index is 8.64. The van der Waals surface area contributed by atoms with E-state index in [1.165, 1.54) is 56.9 Å². The molecule has 138 valence electrons. The molecule has 0 atom stereocenters. The lowest BCUT2D eigenvalue weighted by Gasteiger charge is -2.28. The number of hydrogen-bond donors (Lipinski definition) is 0. The Kier molecular flexibility index (Phi) is 7.13. The Balaban J connectivity index is 1.42. The number of nitriles is 1. The van der Waals surface area contributed by atoms with Gasteiger partial charge in [-0.1, -0.05) is 49.4 Å². The van der Waals surface area contributed by atoms with E-state index in [-0.39, 0.29) is 0 Å². The van der Waals surface area contributed by atoms with E-state index in [1.807, 2.05) is 0 Å². The summed E-state index contributed by atoms with van der Waals surface area (Å²) < 4.78 is 0. The van der Waals surface area contributed by atoms with Crippen molar-refractivity contribution in [2.45, 2.75) is 70.6 Å². The lowest BCUT2D eigenvalue weighted by atomic mass is 9.77. The predicted octanol–water partition coefficient (Wildman–Crippen LogP) is 6.97. The molecule has 0 radical (unpaired) electrons. The van der Waals surface area contributed by atoms with Crippen LogP contribution in [0.2, 0.25) is 0 Å². The first-order chi connectivity index (χ1) is 12.8. The third-order valence-electron chi connectivity index (χ3n) is 6.55. The van der Waals surface area contributed by atoms with E-state index in [9.17, 15) is 0 Å². The number of hydrogen-bond acceptors (Lipinski definition) is 1. The lowest BCUT2D eigenvalue weighted by molar-refractivity contribution is 0.348. The molecule has 2 aliphatic rings. The lowest BCUT2D eigenvalue weighted by Crippen LogP contribution is -2.14. The Morgan fingerprint density at radius 1 is 0.808 bits per heavy atom. The monoisotopic (exact) mass is 347 g/mol. The van der Waals surface area contributed by atoms with Crippen molar-refractivity contribution in [1.29, 1.82) is 5.26 Å². The summed E-state index contributed by atoms with van der Waals surface area (Å²) in [4.78, 5) is 0. The van der Waals surface area contributed by atoms with Crippen LogP contribution in [-0.2, 0) is 6.42 Å². The standard InChI is InChI=1S/C25H33N/c1-2-20-11-15-24(16-12-20)25-17-13-23(14-18-25)10-9-22-7-5-21(6-8-22)4-3-19-26/h3-4,9-12,15-16,21-23,25H,2,5-8,13-14,17-18H2,1H3/b4-3?,10-9+. The zero-order valence-corrected chi connectivity index (χ0v) is 16.2. The van der Waals surface area contributed by atoms with Gasteiger partial charge >= 0.3 is 0 Å². The van der Waals surface area contributed by atoms with Gasteiger partial charge in [-0.2, -0.15) is 5.26 Å². The topological polar surface area (TPSA) is 23.8 Å². The maximum Gasteiger partial charge on any atom is 0.0908 e. The highest BCUT2D eigenvalue weighted by molar-refractivity contribution is 5.26. The Labute approximate surface area is 159 Å². The SMILES string of the molecule is CCc1ccc(C2CCC(/C=C/C3CCC(C=CC#N)CC3)CC2)cc1. The number of rotatable bonds is 5. The van der Waals surface area contributed by atoms with Crippen LogP contribution in [0.5, 0.6) is 0 Å². The molecule has 3 rings (SSSR count). The van der Waals surface area contributed by atoms with E-state index >= 15 is 0 Å². The molecule has 2 aliphatic carbocycles. The molecule has 1 aromatic carbocycles. The summed E-state index contributed by atoms with van der Waals surface area (Å²) >= 11 is 0. The van der Waals surface area contributed by atoms with Gasteiger partial charge in [-0.3, -0.25) is 0 Å². The van der Waals surface area contributed by atoms with E-state index in [4.69, 9.17) is 5.26 Å². The first-order valence-corrected chi connectivity index (χ1v) is 10.6. The first-order valence-electron chi connectivity index (χ1n) is 10.6. The molecule has 0 saturated heterocycles. The summed E-state index contributed by atoms with van der Waals surface area (Å²) in [6.07, 6.45) is 20.4. The maximum absolute atomic E-state index is 8.64. The molecule has 0 aromatic heterocycles. The van der Waals surface area contributed by atoms with Gasteiger partial charge in [0, 0.05) is 6.08 Å². The van der Waals surface area contributed by atoms with Gasteiger partial charge in [0.25, 0.3) is 0 Å². The van der Waals surface area contributed by atoms with Crippen LogP contribution in [-0.4, -0.2) is 0 Å².